The maximum absolute atomic E-state index is 12.1. The Morgan fingerprint density at radius 3 is 2.71 bits per heavy atom. The van der Waals surface area contributed by atoms with Crippen molar-refractivity contribution in [1.82, 2.24) is 10.2 Å². The number of amides is 1. The average Bonchev–Trinajstić information content (AvgIpc) is 2.64. The van der Waals surface area contributed by atoms with E-state index >= 15 is 0 Å². The molecule has 8 heteroatoms. The Kier molecular flexibility index (Phi) is 5.51. The van der Waals surface area contributed by atoms with Crippen LogP contribution in [0.1, 0.15) is 19.8 Å². The molecule has 0 aliphatic carbocycles. The molecule has 2 heterocycles. The molecule has 0 aromatic rings. The smallest absolute Gasteiger partial charge is 0.234 e. The van der Waals surface area contributed by atoms with Gasteiger partial charge in [0.15, 0.2) is 9.84 Å². The molecule has 2 rings (SSSR count). The van der Waals surface area contributed by atoms with E-state index in [2.05, 4.69) is 17.1 Å². The molecule has 0 radical (unpaired) electrons. The van der Waals surface area contributed by atoms with E-state index in [9.17, 15) is 13.2 Å². The van der Waals surface area contributed by atoms with Gasteiger partial charge in [0.25, 0.3) is 0 Å². The van der Waals surface area contributed by atoms with Crippen LogP contribution < -0.4 is 11.1 Å². The van der Waals surface area contributed by atoms with E-state index in [1.54, 1.807) is 0 Å². The van der Waals surface area contributed by atoms with E-state index in [1.165, 1.54) is 0 Å². The standard InChI is InChI=1S/C13H24ClN3O3S/c1-2-9-5-17(4-3-11(9)15)6-13(18)16-12-8-21(19,20)7-10(12)14/h9-12H,2-8,15H2,1H3,(H,16,18). The fraction of sp³-hybridized carbons (Fsp3) is 0.923. The SMILES string of the molecule is CCC1CN(CC(=O)NC2CS(=O)(=O)CC2Cl)CCC1N. The number of carbonyl (C=O) groups is 1. The summed E-state index contributed by atoms with van der Waals surface area (Å²) in [5.74, 6) is 0.137. The molecule has 2 aliphatic heterocycles. The van der Waals surface area contributed by atoms with Gasteiger partial charge in [-0.15, -0.1) is 11.6 Å². The molecular formula is C13H24ClN3O3S. The fourth-order valence-corrected chi connectivity index (χ4v) is 5.64. The number of hydrogen-bond acceptors (Lipinski definition) is 5. The van der Waals surface area contributed by atoms with Gasteiger partial charge in [-0.3, -0.25) is 9.69 Å². The molecule has 122 valence electrons. The molecule has 21 heavy (non-hydrogen) atoms. The summed E-state index contributed by atoms with van der Waals surface area (Å²) in [5.41, 5.74) is 6.05. The molecule has 0 aromatic heterocycles. The number of piperidine rings is 1. The van der Waals surface area contributed by atoms with Crippen LogP contribution in [0.5, 0.6) is 0 Å². The molecule has 6 nitrogen and oxygen atoms in total. The molecule has 1 amide bonds. The first-order valence-electron chi connectivity index (χ1n) is 7.42. The second kappa shape index (κ2) is 6.81. The monoisotopic (exact) mass is 337 g/mol. The van der Waals surface area contributed by atoms with Gasteiger partial charge in [0, 0.05) is 19.1 Å². The number of nitrogens with two attached hydrogens (primary N) is 1. The van der Waals surface area contributed by atoms with E-state index in [0.29, 0.717) is 5.92 Å². The van der Waals surface area contributed by atoms with Gasteiger partial charge >= 0.3 is 0 Å². The molecule has 2 saturated heterocycles. The van der Waals surface area contributed by atoms with Crippen LogP contribution in [0.15, 0.2) is 0 Å². The van der Waals surface area contributed by atoms with E-state index in [-0.39, 0.29) is 30.0 Å². The number of hydrogen-bond donors (Lipinski definition) is 2. The fourth-order valence-electron chi connectivity index (χ4n) is 3.09. The van der Waals surface area contributed by atoms with Crippen molar-refractivity contribution in [2.75, 3.05) is 31.1 Å². The quantitative estimate of drug-likeness (QED) is 0.679. The van der Waals surface area contributed by atoms with Gasteiger partial charge in [0.2, 0.25) is 5.91 Å². The van der Waals surface area contributed by atoms with Crippen molar-refractivity contribution in [2.24, 2.45) is 11.7 Å². The first-order valence-corrected chi connectivity index (χ1v) is 9.68. The number of halogens is 1. The molecular weight excluding hydrogens is 314 g/mol. The molecule has 0 bridgehead atoms. The number of sulfone groups is 1. The van der Waals surface area contributed by atoms with Crippen LogP contribution in [-0.4, -0.2) is 67.8 Å². The summed E-state index contributed by atoms with van der Waals surface area (Å²) in [6.07, 6.45) is 1.89. The zero-order valence-electron chi connectivity index (χ0n) is 12.3. The van der Waals surface area contributed by atoms with Crippen molar-refractivity contribution in [1.29, 1.82) is 0 Å². The summed E-state index contributed by atoms with van der Waals surface area (Å²) in [4.78, 5) is 14.1. The number of alkyl halides is 1. The van der Waals surface area contributed by atoms with Gasteiger partial charge in [-0.2, -0.15) is 0 Å². The summed E-state index contributed by atoms with van der Waals surface area (Å²) in [5, 5.41) is 2.22. The van der Waals surface area contributed by atoms with E-state index in [1.807, 2.05) is 0 Å². The summed E-state index contributed by atoms with van der Waals surface area (Å²) in [6, 6.07) is -0.264. The molecule has 4 unspecified atom stereocenters. The highest BCUT2D eigenvalue weighted by molar-refractivity contribution is 7.91. The Hall–Kier alpha value is -0.370. The van der Waals surface area contributed by atoms with Crippen molar-refractivity contribution >= 4 is 27.3 Å². The molecule has 4 atom stereocenters. The maximum Gasteiger partial charge on any atom is 0.234 e. The minimum Gasteiger partial charge on any atom is -0.350 e. The van der Waals surface area contributed by atoms with Crippen molar-refractivity contribution in [3.63, 3.8) is 0 Å². The normalized spacial score (nSPS) is 36.5. The Balaban J connectivity index is 1.82. The van der Waals surface area contributed by atoms with E-state index < -0.39 is 21.3 Å². The number of nitrogens with one attached hydrogen (secondary N) is 1. The van der Waals surface area contributed by atoms with Crippen molar-refractivity contribution in [2.45, 2.75) is 37.2 Å². The minimum atomic E-state index is -3.12. The van der Waals surface area contributed by atoms with E-state index in [4.69, 9.17) is 17.3 Å². The van der Waals surface area contributed by atoms with Gasteiger partial charge in [-0.05, 0) is 12.3 Å². The van der Waals surface area contributed by atoms with Crippen LogP contribution in [0.25, 0.3) is 0 Å². The number of carbonyl (C=O) groups excluding carboxylic acids is 1. The molecule has 2 aliphatic rings. The Morgan fingerprint density at radius 1 is 1.43 bits per heavy atom. The van der Waals surface area contributed by atoms with Crippen LogP contribution in [0.3, 0.4) is 0 Å². The Labute approximate surface area is 131 Å². The summed E-state index contributed by atoms with van der Waals surface area (Å²) in [7, 11) is -3.12. The van der Waals surface area contributed by atoms with Crippen molar-refractivity contribution in [3.05, 3.63) is 0 Å². The lowest BCUT2D eigenvalue weighted by atomic mass is 9.91. The molecule has 0 aromatic carbocycles. The second-order valence-corrected chi connectivity index (χ2v) is 8.84. The number of rotatable bonds is 4. The predicted molar refractivity (Wildman–Crippen MR) is 83.0 cm³/mol. The van der Waals surface area contributed by atoms with Crippen LogP contribution in [0.4, 0.5) is 0 Å². The largest absolute Gasteiger partial charge is 0.350 e. The van der Waals surface area contributed by atoms with Gasteiger partial charge in [0.05, 0.1) is 29.5 Å². The Morgan fingerprint density at radius 2 is 2.14 bits per heavy atom. The average molecular weight is 338 g/mol. The van der Waals surface area contributed by atoms with Gasteiger partial charge in [-0.1, -0.05) is 13.3 Å². The predicted octanol–water partition coefficient (Wildman–Crippen LogP) is -0.434. The minimum absolute atomic E-state index is 0.0595. The third kappa shape index (κ3) is 4.55. The topological polar surface area (TPSA) is 92.5 Å². The van der Waals surface area contributed by atoms with Crippen LogP contribution in [-0.2, 0) is 14.6 Å². The summed E-state index contributed by atoms with van der Waals surface area (Å²) in [6.45, 7) is 4.01. The number of likely N-dealkylation sites (tertiary alicyclic amines) is 1. The zero-order chi connectivity index (χ0) is 15.6. The highest BCUT2D eigenvalue weighted by Gasteiger charge is 2.37. The highest BCUT2D eigenvalue weighted by atomic mass is 35.5. The third-order valence-corrected chi connectivity index (χ3v) is 6.77. The lowest BCUT2D eigenvalue weighted by Crippen LogP contribution is -2.51. The summed E-state index contributed by atoms with van der Waals surface area (Å²) >= 11 is 5.99. The van der Waals surface area contributed by atoms with Crippen LogP contribution >= 0.6 is 11.6 Å². The summed E-state index contributed by atoms with van der Waals surface area (Å²) < 4.78 is 23.0. The molecule has 3 N–H and O–H groups in total. The molecule has 0 spiro atoms. The third-order valence-electron chi connectivity index (χ3n) is 4.40. The van der Waals surface area contributed by atoms with Crippen molar-refractivity contribution < 1.29 is 13.2 Å². The Bertz CT molecular complexity index is 485. The van der Waals surface area contributed by atoms with Gasteiger partial charge in [-0.25, -0.2) is 8.42 Å². The van der Waals surface area contributed by atoms with Crippen LogP contribution in [0, 0.1) is 5.92 Å². The maximum atomic E-state index is 12.1. The second-order valence-electron chi connectivity index (χ2n) is 6.12. The zero-order valence-corrected chi connectivity index (χ0v) is 13.9. The van der Waals surface area contributed by atoms with Gasteiger partial charge in [0.1, 0.15) is 0 Å². The first-order chi connectivity index (χ1) is 9.80. The lowest BCUT2D eigenvalue weighted by Gasteiger charge is -2.36. The van der Waals surface area contributed by atoms with Crippen LogP contribution in [0.2, 0.25) is 0 Å². The highest BCUT2D eigenvalue weighted by Crippen LogP contribution is 2.19. The molecule has 0 saturated carbocycles. The number of nitrogens with zero attached hydrogens (tertiary/aromatic N) is 1. The molecule has 2 fully saturated rings. The first kappa shape index (κ1) is 17.0. The van der Waals surface area contributed by atoms with Crippen molar-refractivity contribution in [3.8, 4) is 0 Å². The van der Waals surface area contributed by atoms with E-state index in [0.717, 1.165) is 25.9 Å². The van der Waals surface area contributed by atoms with Gasteiger partial charge < -0.3 is 11.1 Å². The lowest BCUT2D eigenvalue weighted by molar-refractivity contribution is -0.123.